The molecule has 1 N–H and O–H groups in total. The lowest BCUT2D eigenvalue weighted by Crippen LogP contribution is -2.36. The van der Waals surface area contributed by atoms with Gasteiger partial charge in [-0.05, 0) is 118 Å². The number of hydrogen-bond donors (Lipinski definition) is 1. The van der Waals surface area contributed by atoms with Crippen LogP contribution in [0.2, 0.25) is 5.02 Å². The van der Waals surface area contributed by atoms with E-state index in [1.165, 1.54) is 33.5 Å². The summed E-state index contributed by atoms with van der Waals surface area (Å²) in [6.45, 7) is 24.3. The van der Waals surface area contributed by atoms with Crippen molar-refractivity contribution in [1.82, 2.24) is 15.1 Å². The number of rotatable bonds is 18. The largest absolute Gasteiger partial charge is 0.505 e. The topological polar surface area (TPSA) is 139 Å². The van der Waals surface area contributed by atoms with Gasteiger partial charge in [-0.25, -0.2) is 19.2 Å². The molecular weight excluding hydrogens is 744 g/mol. The Morgan fingerprint density at radius 2 is 1.38 bits per heavy atom. The van der Waals surface area contributed by atoms with E-state index in [-0.39, 0.29) is 34.2 Å². The van der Waals surface area contributed by atoms with Gasteiger partial charge in [0, 0.05) is 26.2 Å². The van der Waals surface area contributed by atoms with Crippen molar-refractivity contribution in [3.8, 4) is 23.0 Å². The van der Waals surface area contributed by atoms with Gasteiger partial charge in [-0.1, -0.05) is 11.6 Å². The number of amides is 1. The summed E-state index contributed by atoms with van der Waals surface area (Å²) in [5.74, 6) is 0.0944. The van der Waals surface area contributed by atoms with E-state index in [1.807, 2.05) is 20.8 Å². The molecule has 1 amide bonds. The van der Waals surface area contributed by atoms with Crippen molar-refractivity contribution in [3.05, 3.63) is 51.8 Å². The van der Waals surface area contributed by atoms with E-state index in [4.69, 9.17) is 51.3 Å². The minimum Gasteiger partial charge on any atom is -0.505 e. The smallest absolute Gasteiger partial charge is 0.407 e. The van der Waals surface area contributed by atoms with E-state index in [9.17, 15) is 14.4 Å². The van der Waals surface area contributed by atoms with Crippen molar-refractivity contribution in [2.75, 3.05) is 73.7 Å². The van der Waals surface area contributed by atoms with Gasteiger partial charge in [-0.15, -0.1) is 0 Å². The predicted octanol–water partition coefficient (Wildman–Crippen LogP) is 7.57. The number of nitrogens with zero attached hydrogens (tertiary/aromatic N) is 3. The predicted molar refractivity (Wildman–Crippen MR) is 214 cm³/mol. The van der Waals surface area contributed by atoms with Crippen LogP contribution in [0, 0.1) is 6.57 Å². The van der Waals surface area contributed by atoms with E-state index < -0.39 is 35.3 Å². The number of carbonyl (C=O) groups excluding carboxylic acids is 3. The molecule has 0 spiro atoms. The fraction of sp³-hybridized carbons (Fsp3) is 0.610. The van der Waals surface area contributed by atoms with Crippen LogP contribution in [-0.4, -0.2) is 119 Å². The summed E-state index contributed by atoms with van der Waals surface area (Å²) >= 11 is 6.38. The van der Waals surface area contributed by atoms with E-state index in [0.717, 1.165) is 45.6 Å². The second kappa shape index (κ2) is 21.7. The van der Waals surface area contributed by atoms with E-state index >= 15 is 0 Å². The van der Waals surface area contributed by atoms with E-state index in [0.29, 0.717) is 49.6 Å². The van der Waals surface area contributed by atoms with E-state index in [2.05, 4.69) is 20.0 Å². The van der Waals surface area contributed by atoms with Crippen molar-refractivity contribution in [2.45, 2.75) is 91.0 Å². The van der Waals surface area contributed by atoms with Crippen molar-refractivity contribution >= 4 is 35.3 Å². The lowest BCUT2D eigenvalue weighted by molar-refractivity contribution is 0.00683. The van der Waals surface area contributed by atoms with Gasteiger partial charge in [0.05, 0.1) is 50.7 Å². The molecule has 0 aromatic heterocycles. The number of hydrogen-bond acceptors (Lipinski definition) is 12. The number of ether oxygens (including phenoxy) is 7. The molecule has 2 aromatic carbocycles. The second-order valence-electron chi connectivity index (χ2n) is 15.5. The van der Waals surface area contributed by atoms with Crippen LogP contribution in [0.5, 0.6) is 23.0 Å². The third-order valence-electron chi connectivity index (χ3n) is 8.64. The molecule has 0 radical (unpaired) electrons. The second-order valence-corrected chi connectivity index (χ2v) is 15.9. The standard InChI is InChI=1S/C41H59ClN4O10/c1-40(2,3)55-38(48)28-24-31(42)35(43-7)32(25-28)53-23-11-14-30(54-37(47)29-26-33(50-8)36(52-10)34(27-29)51-9)15-20-46-19-13-18-45(21-22-46)17-12-16-44-39(49)56-41(4,5)6/h24-27,30H,11-23H2,1-6,8-10H3,(H,44,49). The quantitative estimate of drug-likeness (QED) is 0.0689. The average molecular weight is 803 g/mol. The SMILES string of the molecule is [C-]#[N+]c1c(Cl)cc(C(=O)OC(C)(C)C)cc1OCCCC(CCN1CCCN(CCCNC(=O)OC(C)(C)C)CC1)OC(=O)c1cc(OC)c(OC)c(OC)c1. The summed E-state index contributed by atoms with van der Waals surface area (Å²) < 4.78 is 39.3. The number of carbonyl (C=O) groups is 3. The Kier molecular flexibility index (Phi) is 17.8. The van der Waals surface area contributed by atoms with E-state index in [1.54, 1.807) is 32.9 Å². The highest BCUT2D eigenvalue weighted by molar-refractivity contribution is 6.34. The maximum Gasteiger partial charge on any atom is 0.407 e. The van der Waals surface area contributed by atoms with Crippen LogP contribution in [0.15, 0.2) is 24.3 Å². The van der Waals surface area contributed by atoms with Gasteiger partial charge in [0.2, 0.25) is 11.4 Å². The zero-order chi connectivity index (χ0) is 41.5. The molecule has 1 aliphatic rings. The molecule has 3 rings (SSSR count). The third kappa shape index (κ3) is 15.2. The molecule has 0 saturated carbocycles. The summed E-state index contributed by atoms with van der Waals surface area (Å²) in [7, 11) is 4.45. The number of methoxy groups -OCH3 is 3. The molecule has 14 nitrogen and oxygen atoms in total. The molecule has 1 unspecified atom stereocenters. The van der Waals surface area contributed by atoms with Gasteiger partial charge in [0.25, 0.3) is 0 Å². The number of esters is 2. The first-order valence-electron chi connectivity index (χ1n) is 19.0. The zero-order valence-electron chi connectivity index (χ0n) is 34.4. The first kappa shape index (κ1) is 45.9. The molecule has 310 valence electrons. The zero-order valence-corrected chi connectivity index (χ0v) is 35.1. The lowest BCUT2D eigenvalue weighted by Gasteiger charge is -2.25. The molecule has 2 aromatic rings. The molecule has 1 fully saturated rings. The van der Waals surface area contributed by atoms with Crippen LogP contribution in [0.1, 0.15) is 94.4 Å². The maximum atomic E-state index is 13.6. The van der Waals surface area contributed by atoms with Gasteiger partial charge in [-0.3, -0.25) is 0 Å². The fourth-order valence-electron chi connectivity index (χ4n) is 6.03. The highest BCUT2D eigenvalue weighted by Gasteiger charge is 2.25. The van der Waals surface area contributed by atoms with Gasteiger partial charge >= 0.3 is 18.0 Å². The summed E-state index contributed by atoms with van der Waals surface area (Å²) in [6, 6.07) is 5.99. The molecule has 15 heteroatoms. The van der Waals surface area contributed by atoms with Crippen molar-refractivity contribution in [2.24, 2.45) is 0 Å². The van der Waals surface area contributed by atoms with Gasteiger partial charge < -0.3 is 48.3 Å². The minimum absolute atomic E-state index is 0.0870. The Labute approximate surface area is 336 Å². The fourth-order valence-corrected chi connectivity index (χ4v) is 6.28. The van der Waals surface area contributed by atoms with Crippen LogP contribution in [0.25, 0.3) is 4.85 Å². The summed E-state index contributed by atoms with van der Waals surface area (Å²) in [6.07, 6.45) is 2.44. The van der Waals surface area contributed by atoms with Gasteiger partial charge in [-0.2, -0.15) is 0 Å². The maximum absolute atomic E-state index is 13.6. The summed E-state index contributed by atoms with van der Waals surface area (Å²) in [5, 5.41) is 2.91. The normalized spacial score (nSPS) is 14.4. The Hall–Kier alpha value is -4.45. The summed E-state index contributed by atoms with van der Waals surface area (Å²) in [5.41, 5.74) is -0.721. The monoisotopic (exact) mass is 802 g/mol. The van der Waals surface area contributed by atoms with Crippen LogP contribution in [0.3, 0.4) is 0 Å². The summed E-state index contributed by atoms with van der Waals surface area (Å²) in [4.78, 5) is 46.7. The van der Waals surface area contributed by atoms with Crippen LogP contribution in [-0.2, 0) is 14.2 Å². The molecule has 0 aliphatic carbocycles. The highest BCUT2D eigenvalue weighted by atomic mass is 35.5. The van der Waals surface area contributed by atoms with Crippen molar-refractivity contribution < 1.29 is 47.5 Å². The molecule has 1 saturated heterocycles. The Balaban J connectivity index is 1.67. The third-order valence-corrected chi connectivity index (χ3v) is 8.93. The molecule has 1 atom stereocenters. The van der Waals surface area contributed by atoms with Gasteiger partial charge in [0.15, 0.2) is 11.5 Å². The Bertz CT molecular complexity index is 1640. The van der Waals surface area contributed by atoms with Gasteiger partial charge in [0.1, 0.15) is 23.1 Å². The molecule has 1 aliphatic heterocycles. The first-order valence-corrected chi connectivity index (χ1v) is 19.3. The number of nitrogens with one attached hydrogen (secondary N) is 1. The van der Waals surface area contributed by atoms with Crippen LogP contribution in [0.4, 0.5) is 10.5 Å². The average Bonchev–Trinajstić information content (AvgIpc) is 3.36. The lowest BCUT2D eigenvalue weighted by atomic mass is 10.1. The van der Waals surface area contributed by atoms with Crippen LogP contribution >= 0.6 is 11.6 Å². The molecule has 56 heavy (non-hydrogen) atoms. The number of halogens is 1. The Morgan fingerprint density at radius 3 is 1.95 bits per heavy atom. The number of benzene rings is 2. The molecule has 0 bridgehead atoms. The van der Waals surface area contributed by atoms with Crippen molar-refractivity contribution in [1.29, 1.82) is 0 Å². The minimum atomic E-state index is -0.716. The molecule has 1 heterocycles. The number of alkyl carbamates (subject to hydrolysis) is 1. The highest BCUT2D eigenvalue weighted by Crippen LogP contribution is 2.39. The van der Waals surface area contributed by atoms with Crippen molar-refractivity contribution in [3.63, 3.8) is 0 Å². The Morgan fingerprint density at radius 1 is 0.786 bits per heavy atom. The van der Waals surface area contributed by atoms with Crippen LogP contribution < -0.4 is 24.3 Å². The first-order chi connectivity index (χ1) is 26.5. The molecular formula is C41H59ClN4O10.